The number of anilines is 1. The normalized spacial score (nSPS) is 13.1. The largest absolute Gasteiger partial charge is 0.493 e. The van der Waals surface area contributed by atoms with E-state index in [4.69, 9.17) is 9.72 Å². The highest BCUT2D eigenvalue weighted by molar-refractivity contribution is 8.00. The molecule has 0 amide bonds. The van der Waals surface area contributed by atoms with Crippen molar-refractivity contribution in [3.8, 4) is 5.75 Å². The number of para-hydroxylation sites is 1. The summed E-state index contributed by atoms with van der Waals surface area (Å²) in [6, 6.07) is 25.7. The first-order chi connectivity index (χ1) is 16.6. The van der Waals surface area contributed by atoms with Gasteiger partial charge in [-0.05, 0) is 84.7 Å². The maximum atomic E-state index is 11.3. The number of ether oxygens (including phenoxy) is 1. The summed E-state index contributed by atoms with van der Waals surface area (Å²) in [7, 11) is 1.66. The fourth-order valence-electron chi connectivity index (χ4n) is 3.95. The van der Waals surface area contributed by atoms with Crippen molar-refractivity contribution in [1.29, 1.82) is 0 Å². The van der Waals surface area contributed by atoms with Gasteiger partial charge in [0, 0.05) is 10.3 Å². The SMILES string of the molecule is COc1cc2ccccc2nc1N(Cc1ccc(CC2CC2)cc1)Sc1ccc(C(=O)O)cc1. The number of fused-ring (bicyclic) bond motifs is 1. The highest BCUT2D eigenvalue weighted by Crippen LogP contribution is 2.38. The van der Waals surface area contributed by atoms with Gasteiger partial charge in [0.15, 0.2) is 11.6 Å². The molecule has 0 atom stereocenters. The van der Waals surface area contributed by atoms with Gasteiger partial charge in [-0.1, -0.05) is 42.5 Å². The molecule has 1 aliphatic rings. The van der Waals surface area contributed by atoms with Crippen molar-refractivity contribution < 1.29 is 14.6 Å². The third-order valence-electron chi connectivity index (χ3n) is 6.01. The van der Waals surface area contributed by atoms with Crippen molar-refractivity contribution in [1.82, 2.24) is 4.98 Å². The Morgan fingerprint density at radius 2 is 1.74 bits per heavy atom. The zero-order valence-electron chi connectivity index (χ0n) is 19.0. The number of carboxylic acids is 1. The molecule has 34 heavy (non-hydrogen) atoms. The Balaban J connectivity index is 1.48. The van der Waals surface area contributed by atoms with E-state index in [1.54, 1.807) is 19.2 Å². The minimum absolute atomic E-state index is 0.267. The molecular weight excluding hydrogens is 444 g/mol. The second-order valence-corrected chi connectivity index (χ2v) is 9.72. The lowest BCUT2D eigenvalue weighted by Crippen LogP contribution is -2.16. The molecule has 5 rings (SSSR count). The Bertz CT molecular complexity index is 1300. The molecule has 0 bridgehead atoms. The summed E-state index contributed by atoms with van der Waals surface area (Å²) < 4.78 is 7.84. The minimum Gasteiger partial charge on any atom is -0.493 e. The molecule has 6 heteroatoms. The van der Waals surface area contributed by atoms with Crippen LogP contribution in [0.25, 0.3) is 10.9 Å². The molecule has 172 valence electrons. The van der Waals surface area contributed by atoms with Gasteiger partial charge in [0.25, 0.3) is 0 Å². The summed E-state index contributed by atoms with van der Waals surface area (Å²) in [6.45, 7) is 0.622. The summed E-state index contributed by atoms with van der Waals surface area (Å²) in [5.41, 5.74) is 3.72. The number of pyridine rings is 1. The summed E-state index contributed by atoms with van der Waals surface area (Å²) >= 11 is 1.52. The summed E-state index contributed by atoms with van der Waals surface area (Å²) in [6.07, 6.45) is 3.86. The molecule has 1 aliphatic carbocycles. The summed E-state index contributed by atoms with van der Waals surface area (Å²) in [5.74, 6) is 1.35. The van der Waals surface area contributed by atoms with E-state index in [-0.39, 0.29) is 5.56 Å². The smallest absolute Gasteiger partial charge is 0.335 e. The van der Waals surface area contributed by atoms with E-state index < -0.39 is 5.97 Å². The average Bonchev–Trinajstić information content (AvgIpc) is 3.68. The monoisotopic (exact) mass is 470 g/mol. The lowest BCUT2D eigenvalue weighted by molar-refractivity contribution is 0.0697. The van der Waals surface area contributed by atoms with Gasteiger partial charge in [0.1, 0.15) is 0 Å². The van der Waals surface area contributed by atoms with Crippen LogP contribution in [0.5, 0.6) is 5.75 Å². The van der Waals surface area contributed by atoms with Gasteiger partial charge in [0.05, 0.1) is 24.7 Å². The van der Waals surface area contributed by atoms with Crippen LogP contribution in [0.4, 0.5) is 5.82 Å². The molecule has 1 heterocycles. The molecule has 4 aromatic rings. The van der Waals surface area contributed by atoms with Crippen molar-refractivity contribution in [3.05, 3.63) is 95.6 Å². The van der Waals surface area contributed by atoms with E-state index >= 15 is 0 Å². The van der Waals surface area contributed by atoms with E-state index in [0.717, 1.165) is 34.0 Å². The molecule has 1 fully saturated rings. The highest BCUT2D eigenvalue weighted by atomic mass is 32.2. The van der Waals surface area contributed by atoms with Crippen molar-refractivity contribution in [2.75, 3.05) is 11.4 Å². The number of benzene rings is 3. The van der Waals surface area contributed by atoms with Crippen LogP contribution >= 0.6 is 11.9 Å². The second kappa shape index (κ2) is 9.77. The van der Waals surface area contributed by atoms with Gasteiger partial charge >= 0.3 is 5.97 Å². The van der Waals surface area contributed by atoms with E-state index in [1.165, 1.54) is 35.9 Å². The highest BCUT2D eigenvalue weighted by Gasteiger charge is 2.22. The van der Waals surface area contributed by atoms with Gasteiger partial charge in [-0.2, -0.15) is 0 Å². The number of hydrogen-bond acceptors (Lipinski definition) is 5. The Kier molecular flexibility index (Phi) is 6.41. The van der Waals surface area contributed by atoms with E-state index in [0.29, 0.717) is 12.3 Å². The topological polar surface area (TPSA) is 62.7 Å². The van der Waals surface area contributed by atoms with Gasteiger partial charge < -0.3 is 9.84 Å². The first kappa shape index (κ1) is 22.3. The van der Waals surface area contributed by atoms with Crippen LogP contribution in [0.3, 0.4) is 0 Å². The third kappa shape index (κ3) is 5.18. The minimum atomic E-state index is -0.933. The van der Waals surface area contributed by atoms with Crippen LogP contribution in [0.1, 0.15) is 34.3 Å². The van der Waals surface area contributed by atoms with Crippen molar-refractivity contribution in [2.24, 2.45) is 5.92 Å². The van der Waals surface area contributed by atoms with Crippen molar-refractivity contribution in [2.45, 2.75) is 30.7 Å². The van der Waals surface area contributed by atoms with Crippen molar-refractivity contribution in [3.63, 3.8) is 0 Å². The number of carbonyl (C=O) groups is 1. The zero-order valence-corrected chi connectivity index (χ0v) is 19.8. The molecule has 0 saturated heterocycles. The van der Waals surface area contributed by atoms with Crippen LogP contribution in [0, 0.1) is 5.92 Å². The molecule has 0 spiro atoms. The van der Waals surface area contributed by atoms with Crippen LogP contribution in [0.15, 0.2) is 83.8 Å². The van der Waals surface area contributed by atoms with Gasteiger partial charge in [-0.3, -0.25) is 4.31 Å². The Morgan fingerprint density at radius 3 is 2.41 bits per heavy atom. The average molecular weight is 471 g/mol. The number of methoxy groups -OCH3 is 1. The lowest BCUT2D eigenvalue weighted by atomic mass is 10.1. The number of rotatable bonds is 9. The van der Waals surface area contributed by atoms with E-state index in [1.807, 2.05) is 42.5 Å². The number of aromatic nitrogens is 1. The molecule has 0 unspecified atom stereocenters. The van der Waals surface area contributed by atoms with E-state index in [9.17, 15) is 9.90 Å². The lowest BCUT2D eigenvalue weighted by Gasteiger charge is -2.25. The second-order valence-electron chi connectivity index (χ2n) is 8.63. The van der Waals surface area contributed by atoms with E-state index in [2.05, 4.69) is 28.6 Å². The Hall–Kier alpha value is -3.51. The first-order valence-corrected chi connectivity index (χ1v) is 12.2. The molecule has 1 N–H and O–H groups in total. The number of aromatic carboxylic acids is 1. The number of carboxylic acid groups (broad SMARTS) is 1. The van der Waals surface area contributed by atoms with Gasteiger partial charge in [-0.15, -0.1) is 0 Å². The Morgan fingerprint density at radius 1 is 1.03 bits per heavy atom. The molecule has 0 aliphatic heterocycles. The summed E-state index contributed by atoms with van der Waals surface area (Å²) in [5, 5.41) is 10.3. The first-order valence-electron chi connectivity index (χ1n) is 11.4. The fraction of sp³-hybridized carbons (Fsp3) is 0.214. The molecule has 3 aromatic carbocycles. The maximum absolute atomic E-state index is 11.3. The number of hydrogen-bond donors (Lipinski definition) is 1. The van der Waals surface area contributed by atoms with Crippen LogP contribution in [-0.4, -0.2) is 23.2 Å². The van der Waals surface area contributed by atoms with Gasteiger partial charge in [0.2, 0.25) is 0 Å². The molecule has 1 aromatic heterocycles. The van der Waals surface area contributed by atoms with Crippen molar-refractivity contribution >= 4 is 34.6 Å². The zero-order chi connectivity index (χ0) is 23.5. The molecule has 1 saturated carbocycles. The predicted molar refractivity (Wildman–Crippen MR) is 137 cm³/mol. The van der Waals surface area contributed by atoms with Crippen LogP contribution < -0.4 is 9.04 Å². The van der Waals surface area contributed by atoms with Gasteiger partial charge in [-0.25, -0.2) is 9.78 Å². The maximum Gasteiger partial charge on any atom is 0.335 e. The van der Waals surface area contributed by atoms with Crippen LogP contribution in [-0.2, 0) is 13.0 Å². The Labute approximate surface area is 203 Å². The molecule has 5 nitrogen and oxygen atoms in total. The molecular formula is C28H26N2O3S. The third-order valence-corrected chi connectivity index (χ3v) is 7.02. The number of nitrogens with zero attached hydrogens (tertiary/aromatic N) is 2. The quantitative estimate of drug-likeness (QED) is 0.278. The standard InChI is InChI=1S/C28H26N2O3S/c1-33-26-17-23-4-2-3-5-25(23)29-27(26)30(34-24-14-12-22(13-15-24)28(31)32)18-21-10-8-20(9-11-21)16-19-6-7-19/h2-5,8-15,17,19H,6-7,16,18H2,1H3,(H,31,32). The molecule has 0 radical (unpaired) electrons. The predicted octanol–water partition coefficient (Wildman–Crippen LogP) is 6.61. The van der Waals surface area contributed by atoms with Crippen LogP contribution in [0.2, 0.25) is 0 Å². The fourth-order valence-corrected chi connectivity index (χ4v) is 4.90. The summed E-state index contributed by atoms with van der Waals surface area (Å²) in [4.78, 5) is 17.1.